The SMILES string of the molecule is Cc1ccc(Cl)cc1NC(=O)CSc1n[nH]c(N/N=C\c2ccccc2)n1. The second-order valence-electron chi connectivity index (χ2n) is 5.54. The summed E-state index contributed by atoms with van der Waals surface area (Å²) in [5, 5.41) is 14.7. The highest BCUT2D eigenvalue weighted by Crippen LogP contribution is 2.21. The molecule has 1 heterocycles. The summed E-state index contributed by atoms with van der Waals surface area (Å²) in [6, 6.07) is 15.0. The molecule has 0 unspecified atom stereocenters. The van der Waals surface area contributed by atoms with Crippen LogP contribution in [-0.4, -0.2) is 33.1 Å². The molecule has 0 saturated carbocycles. The van der Waals surface area contributed by atoms with Crippen molar-refractivity contribution in [2.75, 3.05) is 16.5 Å². The third-order valence-corrected chi connectivity index (χ3v) is 4.54. The maximum Gasteiger partial charge on any atom is 0.240 e. The van der Waals surface area contributed by atoms with Crippen LogP contribution in [0.4, 0.5) is 11.6 Å². The van der Waals surface area contributed by atoms with Crippen LogP contribution in [-0.2, 0) is 4.79 Å². The number of aryl methyl sites for hydroxylation is 1. The van der Waals surface area contributed by atoms with Crippen LogP contribution in [0.15, 0.2) is 58.8 Å². The number of aromatic amines is 1. The van der Waals surface area contributed by atoms with Gasteiger partial charge in [0.1, 0.15) is 0 Å². The van der Waals surface area contributed by atoms with E-state index in [1.807, 2.05) is 43.3 Å². The molecule has 0 fully saturated rings. The van der Waals surface area contributed by atoms with E-state index in [1.165, 1.54) is 11.8 Å². The summed E-state index contributed by atoms with van der Waals surface area (Å²) < 4.78 is 0. The number of thioether (sulfide) groups is 1. The molecule has 3 aromatic rings. The largest absolute Gasteiger partial charge is 0.325 e. The first-order valence-corrected chi connectivity index (χ1v) is 9.42. The Bertz CT molecular complexity index is 944. The van der Waals surface area contributed by atoms with Crippen molar-refractivity contribution in [3.8, 4) is 0 Å². The Hall–Kier alpha value is -2.84. The van der Waals surface area contributed by atoms with Crippen molar-refractivity contribution in [1.82, 2.24) is 15.2 Å². The summed E-state index contributed by atoms with van der Waals surface area (Å²) in [6.45, 7) is 1.91. The minimum Gasteiger partial charge on any atom is -0.325 e. The Morgan fingerprint density at radius 3 is 2.93 bits per heavy atom. The second kappa shape index (κ2) is 9.20. The van der Waals surface area contributed by atoms with Gasteiger partial charge < -0.3 is 5.32 Å². The Morgan fingerprint density at radius 2 is 2.11 bits per heavy atom. The molecule has 1 amide bonds. The second-order valence-corrected chi connectivity index (χ2v) is 6.92. The number of carbonyl (C=O) groups excluding carboxylic acids is 1. The Kier molecular flexibility index (Phi) is 6.45. The van der Waals surface area contributed by atoms with Gasteiger partial charge in [-0.1, -0.05) is 59.8 Å². The number of anilines is 2. The van der Waals surface area contributed by atoms with Crippen molar-refractivity contribution in [1.29, 1.82) is 0 Å². The number of amides is 1. The van der Waals surface area contributed by atoms with E-state index in [9.17, 15) is 4.79 Å². The van der Waals surface area contributed by atoms with E-state index in [0.717, 1.165) is 11.1 Å². The topological polar surface area (TPSA) is 95.1 Å². The third-order valence-electron chi connectivity index (χ3n) is 3.45. The molecule has 3 N–H and O–H groups in total. The molecule has 0 aliphatic carbocycles. The summed E-state index contributed by atoms with van der Waals surface area (Å²) in [5.74, 6) is 0.416. The molecule has 0 bridgehead atoms. The number of nitrogens with zero attached hydrogens (tertiary/aromatic N) is 3. The number of hydrazone groups is 1. The smallest absolute Gasteiger partial charge is 0.240 e. The first-order valence-electron chi connectivity index (χ1n) is 8.05. The molecular formula is C18H17ClN6OS. The molecule has 27 heavy (non-hydrogen) atoms. The van der Waals surface area contributed by atoms with E-state index in [-0.39, 0.29) is 11.7 Å². The lowest BCUT2D eigenvalue weighted by molar-refractivity contribution is -0.113. The van der Waals surface area contributed by atoms with Crippen molar-refractivity contribution in [2.24, 2.45) is 5.10 Å². The van der Waals surface area contributed by atoms with E-state index in [1.54, 1.807) is 18.3 Å². The van der Waals surface area contributed by atoms with Crippen LogP contribution in [0, 0.1) is 6.92 Å². The predicted molar refractivity (Wildman–Crippen MR) is 110 cm³/mol. The third kappa shape index (κ3) is 5.83. The van der Waals surface area contributed by atoms with E-state index < -0.39 is 0 Å². The molecule has 0 spiro atoms. The average molecular weight is 401 g/mol. The number of carbonyl (C=O) groups is 1. The Labute approximate surface area is 165 Å². The summed E-state index contributed by atoms with van der Waals surface area (Å²) in [6.07, 6.45) is 1.68. The van der Waals surface area contributed by atoms with Gasteiger partial charge in [0, 0.05) is 10.7 Å². The van der Waals surface area contributed by atoms with Crippen molar-refractivity contribution < 1.29 is 4.79 Å². The fourth-order valence-electron chi connectivity index (χ4n) is 2.11. The number of rotatable bonds is 7. The van der Waals surface area contributed by atoms with Gasteiger partial charge in [0.2, 0.25) is 17.0 Å². The standard InChI is InChI=1S/C18H17ClN6OS/c1-12-7-8-14(19)9-15(12)21-16(26)11-27-18-22-17(24-25-18)23-20-10-13-5-3-2-4-6-13/h2-10H,11H2,1H3,(H,21,26)(H2,22,23,24,25)/b20-10-. The minimum atomic E-state index is -0.160. The van der Waals surface area contributed by atoms with Crippen LogP contribution in [0.5, 0.6) is 0 Å². The van der Waals surface area contributed by atoms with Crippen LogP contribution in [0.3, 0.4) is 0 Å². The zero-order chi connectivity index (χ0) is 19.1. The number of halogens is 1. The first kappa shape index (κ1) is 18.9. The Morgan fingerprint density at radius 1 is 1.30 bits per heavy atom. The first-order chi connectivity index (χ1) is 13.1. The average Bonchev–Trinajstić information content (AvgIpc) is 3.12. The molecule has 3 rings (SSSR count). The lowest BCUT2D eigenvalue weighted by Gasteiger charge is -2.07. The number of nitrogens with one attached hydrogen (secondary N) is 3. The van der Waals surface area contributed by atoms with Gasteiger partial charge in [-0.05, 0) is 30.2 Å². The molecular weight excluding hydrogens is 384 g/mol. The quantitative estimate of drug-likeness (QED) is 0.317. The lowest BCUT2D eigenvalue weighted by Crippen LogP contribution is -2.14. The molecule has 9 heteroatoms. The molecule has 0 radical (unpaired) electrons. The number of benzene rings is 2. The highest BCUT2D eigenvalue weighted by molar-refractivity contribution is 7.99. The summed E-state index contributed by atoms with van der Waals surface area (Å²) in [4.78, 5) is 16.3. The van der Waals surface area contributed by atoms with Gasteiger partial charge in [-0.25, -0.2) is 10.5 Å². The molecule has 1 aromatic heterocycles. The van der Waals surface area contributed by atoms with Crippen molar-refractivity contribution in [2.45, 2.75) is 12.1 Å². The number of hydrogen-bond donors (Lipinski definition) is 3. The summed E-state index contributed by atoms with van der Waals surface area (Å²) >= 11 is 7.18. The summed E-state index contributed by atoms with van der Waals surface area (Å²) in [5.41, 5.74) is 5.37. The molecule has 0 atom stereocenters. The van der Waals surface area contributed by atoms with E-state index in [2.05, 4.69) is 31.0 Å². The fraction of sp³-hybridized carbons (Fsp3) is 0.111. The molecule has 0 aliphatic heterocycles. The zero-order valence-corrected chi connectivity index (χ0v) is 16.0. The fourth-order valence-corrected chi connectivity index (χ4v) is 2.88. The number of aromatic nitrogens is 3. The minimum absolute atomic E-state index is 0.160. The summed E-state index contributed by atoms with van der Waals surface area (Å²) in [7, 11) is 0. The molecule has 2 aromatic carbocycles. The normalized spacial score (nSPS) is 10.9. The van der Waals surface area contributed by atoms with Crippen molar-refractivity contribution in [3.05, 3.63) is 64.7 Å². The Balaban J connectivity index is 1.48. The number of hydrogen-bond acceptors (Lipinski definition) is 6. The van der Waals surface area contributed by atoms with Gasteiger partial charge >= 0.3 is 0 Å². The predicted octanol–water partition coefficient (Wildman–Crippen LogP) is 3.94. The van der Waals surface area contributed by atoms with Crippen molar-refractivity contribution in [3.63, 3.8) is 0 Å². The van der Waals surface area contributed by atoms with Crippen LogP contribution >= 0.6 is 23.4 Å². The van der Waals surface area contributed by atoms with Crippen LogP contribution < -0.4 is 10.7 Å². The highest BCUT2D eigenvalue weighted by Gasteiger charge is 2.09. The van der Waals surface area contributed by atoms with E-state index in [4.69, 9.17) is 11.6 Å². The van der Waals surface area contributed by atoms with E-state index in [0.29, 0.717) is 21.8 Å². The van der Waals surface area contributed by atoms with Gasteiger partial charge in [-0.15, -0.1) is 5.10 Å². The molecule has 138 valence electrons. The maximum atomic E-state index is 12.1. The number of H-pyrrole nitrogens is 1. The van der Waals surface area contributed by atoms with Crippen LogP contribution in [0.25, 0.3) is 0 Å². The monoisotopic (exact) mass is 400 g/mol. The van der Waals surface area contributed by atoms with Gasteiger partial charge in [0.25, 0.3) is 0 Å². The van der Waals surface area contributed by atoms with Gasteiger partial charge in [0.15, 0.2) is 0 Å². The van der Waals surface area contributed by atoms with Gasteiger partial charge in [-0.2, -0.15) is 10.1 Å². The molecule has 0 aliphatic rings. The van der Waals surface area contributed by atoms with E-state index >= 15 is 0 Å². The molecule has 7 nitrogen and oxygen atoms in total. The highest BCUT2D eigenvalue weighted by atomic mass is 35.5. The maximum absolute atomic E-state index is 12.1. The van der Waals surface area contributed by atoms with Gasteiger partial charge in [0.05, 0.1) is 12.0 Å². The zero-order valence-electron chi connectivity index (χ0n) is 14.4. The van der Waals surface area contributed by atoms with Gasteiger partial charge in [-0.3, -0.25) is 4.79 Å². The van der Waals surface area contributed by atoms with Crippen LogP contribution in [0.1, 0.15) is 11.1 Å². The molecule has 0 saturated heterocycles. The lowest BCUT2D eigenvalue weighted by atomic mass is 10.2. The van der Waals surface area contributed by atoms with Crippen molar-refractivity contribution >= 4 is 47.1 Å². The van der Waals surface area contributed by atoms with Crippen LogP contribution in [0.2, 0.25) is 5.02 Å².